The number of amides is 1. The van der Waals surface area contributed by atoms with Gasteiger partial charge in [0.25, 0.3) is 0 Å². The largest absolute Gasteiger partial charge is 0.445 e. The van der Waals surface area contributed by atoms with Gasteiger partial charge in [-0.3, -0.25) is 4.72 Å². The quantitative estimate of drug-likeness (QED) is 0.488. The van der Waals surface area contributed by atoms with Gasteiger partial charge in [-0.1, -0.05) is 37.3 Å². The maximum absolute atomic E-state index is 12.1. The molecule has 5 nitrogen and oxygen atoms in total. The smallest absolute Gasteiger partial charge is 0.410 e. The number of hydrogen-bond acceptors (Lipinski definition) is 5. The number of likely N-dealkylation sites (tertiary alicyclic amines) is 1. The van der Waals surface area contributed by atoms with Crippen molar-refractivity contribution < 1.29 is 14.6 Å². The number of nitrogens with zero attached hydrogens (tertiary/aromatic N) is 1. The molecule has 1 saturated heterocycles. The highest BCUT2D eigenvalue weighted by molar-refractivity contribution is 8.77. The number of carbonyl (C=O) groups excluding carboxylic acids is 1. The maximum Gasteiger partial charge on any atom is 0.410 e. The van der Waals surface area contributed by atoms with Crippen LogP contribution in [0.1, 0.15) is 18.9 Å². The van der Waals surface area contributed by atoms with Crippen LogP contribution in [0.2, 0.25) is 0 Å². The van der Waals surface area contributed by atoms with Crippen molar-refractivity contribution in [2.24, 2.45) is 0 Å². The molecular formula is C15H24N2O3S2. The number of aliphatic hydroxyl groups excluding tert-OH is 1. The normalized spacial score (nSPS) is 24.0. The molecule has 0 spiro atoms. The Labute approximate surface area is 139 Å². The van der Waals surface area contributed by atoms with Crippen molar-refractivity contribution >= 4 is 27.9 Å². The Hall–Kier alpha value is -0.890. The van der Waals surface area contributed by atoms with Gasteiger partial charge in [-0.05, 0) is 17.7 Å². The number of piperidine rings is 1. The molecular weight excluding hydrogens is 320 g/mol. The number of rotatable bonds is 5. The molecule has 0 saturated carbocycles. The minimum absolute atomic E-state index is 0.00161. The standard InChI is InChI=1S/C15H24N2O3S2/c1-2-22(21)16-13-8-9-17(10-14(13)18)15(19)20-11-12-6-4-3-5-7-12/h3-7,13-14,16,18,21-22H,2,8-11H2,1H3/t13-,14+/m0/s1. The first-order valence-electron chi connectivity index (χ1n) is 7.46. The van der Waals surface area contributed by atoms with E-state index in [0.717, 1.165) is 11.3 Å². The van der Waals surface area contributed by atoms with Crippen LogP contribution >= 0.6 is 21.8 Å². The zero-order valence-electron chi connectivity index (χ0n) is 12.7. The first-order chi connectivity index (χ1) is 10.6. The van der Waals surface area contributed by atoms with E-state index in [4.69, 9.17) is 4.74 Å². The molecule has 7 heteroatoms. The van der Waals surface area contributed by atoms with Gasteiger partial charge in [0.05, 0.1) is 12.6 Å². The van der Waals surface area contributed by atoms with Crippen LogP contribution in [-0.4, -0.2) is 47.1 Å². The van der Waals surface area contributed by atoms with Crippen molar-refractivity contribution in [1.29, 1.82) is 0 Å². The van der Waals surface area contributed by atoms with Crippen LogP contribution < -0.4 is 4.72 Å². The first-order valence-corrected chi connectivity index (χ1v) is 10.1. The highest BCUT2D eigenvalue weighted by Gasteiger charge is 2.31. The summed E-state index contributed by atoms with van der Waals surface area (Å²) in [4.78, 5) is 13.6. The Morgan fingerprint density at radius 3 is 2.86 bits per heavy atom. The lowest BCUT2D eigenvalue weighted by Gasteiger charge is -2.37. The third-order valence-electron chi connectivity index (χ3n) is 3.66. The Kier molecular flexibility index (Phi) is 6.88. The summed E-state index contributed by atoms with van der Waals surface area (Å²) in [5.41, 5.74) is 0.955. The molecule has 1 unspecified atom stereocenters. The number of benzene rings is 1. The van der Waals surface area contributed by atoms with Gasteiger partial charge in [-0.25, -0.2) is 4.79 Å². The lowest BCUT2D eigenvalue weighted by molar-refractivity contribution is 0.0331. The molecule has 2 rings (SSSR count). The summed E-state index contributed by atoms with van der Waals surface area (Å²) < 4.78 is 8.63. The fourth-order valence-corrected chi connectivity index (χ4v) is 3.65. The van der Waals surface area contributed by atoms with E-state index in [1.807, 2.05) is 30.3 Å². The second kappa shape index (κ2) is 8.67. The van der Waals surface area contributed by atoms with E-state index in [-0.39, 0.29) is 18.7 Å². The fourth-order valence-electron chi connectivity index (χ4n) is 2.34. The van der Waals surface area contributed by atoms with E-state index in [1.165, 1.54) is 0 Å². The number of ether oxygens (including phenoxy) is 1. The minimum Gasteiger partial charge on any atom is -0.445 e. The van der Waals surface area contributed by atoms with Crippen LogP contribution in [0, 0.1) is 0 Å². The van der Waals surface area contributed by atoms with Gasteiger partial charge in [0, 0.05) is 12.6 Å². The third-order valence-corrected chi connectivity index (χ3v) is 6.08. The summed E-state index contributed by atoms with van der Waals surface area (Å²) >= 11 is 4.46. The first kappa shape index (κ1) is 17.5. The van der Waals surface area contributed by atoms with Gasteiger partial charge in [-0.15, -0.1) is 11.7 Å². The topological polar surface area (TPSA) is 61.8 Å². The van der Waals surface area contributed by atoms with Crippen LogP contribution in [0.25, 0.3) is 0 Å². The number of carbonyl (C=O) groups is 1. The molecule has 0 bridgehead atoms. The van der Waals surface area contributed by atoms with Crippen molar-refractivity contribution in [3.63, 3.8) is 0 Å². The lowest BCUT2D eigenvalue weighted by Crippen LogP contribution is -2.53. The van der Waals surface area contributed by atoms with E-state index in [0.29, 0.717) is 19.5 Å². The van der Waals surface area contributed by atoms with Gasteiger partial charge in [0.2, 0.25) is 0 Å². The van der Waals surface area contributed by atoms with Crippen LogP contribution in [0.5, 0.6) is 0 Å². The molecule has 1 aromatic carbocycles. The number of aliphatic hydroxyl groups is 1. The van der Waals surface area contributed by atoms with Crippen LogP contribution in [-0.2, 0) is 11.3 Å². The van der Waals surface area contributed by atoms with Gasteiger partial charge >= 0.3 is 6.09 Å². The van der Waals surface area contributed by atoms with Crippen molar-refractivity contribution in [3.05, 3.63) is 35.9 Å². The minimum atomic E-state index is -0.582. The summed E-state index contributed by atoms with van der Waals surface area (Å²) in [7, 11) is -0.545. The Balaban J connectivity index is 1.78. The zero-order chi connectivity index (χ0) is 15.9. The van der Waals surface area contributed by atoms with Crippen LogP contribution in [0.3, 0.4) is 0 Å². The zero-order valence-corrected chi connectivity index (χ0v) is 14.5. The molecule has 1 fully saturated rings. The fraction of sp³-hybridized carbons (Fsp3) is 0.533. The molecule has 0 aliphatic carbocycles. The SMILES string of the molecule is CC[SH](S)N[C@H]1CCN(C(=O)OCc2ccccc2)C[C@H]1O. The molecule has 0 aromatic heterocycles. The van der Waals surface area contributed by atoms with Crippen LogP contribution in [0.4, 0.5) is 4.79 Å². The molecule has 1 aliphatic rings. The van der Waals surface area contributed by atoms with E-state index in [2.05, 4.69) is 23.3 Å². The van der Waals surface area contributed by atoms with E-state index < -0.39 is 16.2 Å². The summed E-state index contributed by atoms with van der Waals surface area (Å²) in [5.74, 6) is 0.949. The summed E-state index contributed by atoms with van der Waals surface area (Å²) in [6, 6.07) is 9.57. The molecule has 0 radical (unpaired) electrons. The molecule has 22 heavy (non-hydrogen) atoms. The Bertz CT molecular complexity index is 475. The van der Waals surface area contributed by atoms with Gasteiger partial charge < -0.3 is 14.7 Å². The Morgan fingerprint density at radius 2 is 2.23 bits per heavy atom. The Morgan fingerprint density at radius 1 is 1.50 bits per heavy atom. The third kappa shape index (κ3) is 5.08. The average molecular weight is 345 g/mol. The summed E-state index contributed by atoms with van der Waals surface area (Å²) in [6.45, 7) is 3.20. The highest BCUT2D eigenvalue weighted by atomic mass is 33.1. The van der Waals surface area contributed by atoms with Gasteiger partial charge in [0.15, 0.2) is 0 Å². The van der Waals surface area contributed by atoms with Crippen LogP contribution in [0.15, 0.2) is 30.3 Å². The number of β-amino-alcohol motifs (C(OH)–C–C–N with tert-alkyl or cyclic N) is 1. The molecule has 1 aliphatic heterocycles. The summed E-state index contributed by atoms with van der Waals surface area (Å²) in [6.07, 6.45) is -0.243. The molecule has 3 atom stereocenters. The molecule has 124 valence electrons. The maximum atomic E-state index is 12.1. The van der Waals surface area contributed by atoms with E-state index in [1.54, 1.807) is 4.90 Å². The van der Waals surface area contributed by atoms with E-state index in [9.17, 15) is 9.90 Å². The van der Waals surface area contributed by atoms with E-state index >= 15 is 0 Å². The van der Waals surface area contributed by atoms with Gasteiger partial charge in [0.1, 0.15) is 6.61 Å². The predicted molar refractivity (Wildman–Crippen MR) is 94.3 cm³/mol. The molecule has 1 heterocycles. The van der Waals surface area contributed by atoms with Crippen molar-refractivity contribution in [2.75, 3.05) is 18.8 Å². The van der Waals surface area contributed by atoms with Crippen molar-refractivity contribution in [1.82, 2.24) is 9.62 Å². The van der Waals surface area contributed by atoms with Crippen molar-refractivity contribution in [2.45, 2.75) is 32.1 Å². The second-order valence-corrected chi connectivity index (χ2v) is 8.43. The predicted octanol–water partition coefficient (Wildman–Crippen LogP) is 2.13. The second-order valence-electron chi connectivity index (χ2n) is 5.29. The number of hydrogen-bond donors (Lipinski definition) is 4. The van der Waals surface area contributed by atoms with Gasteiger partial charge in [-0.2, -0.15) is 10.1 Å². The monoisotopic (exact) mass is 344 g/mol. The highest BCUT2D eigenvalue weighted by Crippen LogP contribution is 2.27. The summed E-state index contributed by atoms with van der Waals surface area (Å²) in [5, 5.41) is 10.2. The number of nitrogens with one attached hydrogen (secondary N) is 1. The number of thiol groups is 2. The lowest BCUT2D eigenvalue weighted by atomic mass is 10.0. The molecule has 2 N–H and O–H groups in total. The molecule has 1 amide bonds. The van der Waals surface area contributed by atoms with Crippen molar-refractivity contribution in [3.8, 4) is 0 Å². The average Bonchev–Trinajstić information content (AvgIpc) is 2.55. The molecule has 1 aromatic rings.